The van der Waals surface area contributed by atoms with Gasteiger partial charge in [-0.05, 0) is 20.8 Å². The van der Waals surface area contributed by atoms with Crippen LogP contribution in [0, 0.1) is 5.41 Å². The molecule has 5 heteroatoms. The summed E-state index contributed by atoms with van der Waals surface area (Å²) in [5.74, 6) is -2.51. The lowest BCUT2D eigenvalue weighted by atomic mass is 9.61. The lowest BCUT2D eigenvalue weighted by Crippen LogP contribution is -2.67. The first-order chi connectivity index (χ1) is 7.11. The molecule has 1 saturated carbocycles. The maximum atomic E-state index is 12.7. The van der Waals surface area contributed by atoms with Crippen LogP contribution in [-0.2, 0) is 4.74 Å². The molecule has 0 N–H and O–H groups in total. The van der Waals surface area contributed by atoms with E-state index in [1.54, 1.807) is 20.8 Å². The lowest BCUT2D eigenvalue weighted by Gasteiger charge is -2.58. The van der Waals surface area contributed by atoms with Crippen molar-refractivity contribution in [2.24, 2.45) is 5.41 Å². The first-order valence-electron chi connectivity index (χ1n) is 5.47. The van der Waals surface area contributed by atoms with Crippen LogP contribution in [0.2, 0.25) is 0 Å². The largest absolute Gasteiger partial charge is 0.444 e. The number of halogens is 2. The van der Waals surface area contributed by atoms with Crippen molar-refractivity contribution in [2.45, 2.75) is 45.1 Å². The average Bonchev–Trinajstić information content (AvgIpc) is 1.90. The second-order valence-corrected chi connectivity index (χ2v) is 6.05. The van der Waals surface area contributed by atoms with E-state index in [1.807, 2.05) is 0 Å². The van der Waals surface area contributed by atoms with Crippen molar-refractivity contribution in [1.29, 1.82) is 0 Å². The summed E-state index contributed by atoms with van der Waals surface area (Å²) in [6, 6.07) is 0. The van der Waals surface area contributed by atoms with E-state index < -0.39 is 17.6 Å². The normalized spacial score (nSPS) is 25.9. The standard InChI is InChI=1S/C11H17F2NO2/c1-9(2,3)16-8(15)14-6-10(7-14)4-11(12,13)5-10/h4-7H2,1-3H3. The van der Waals surface area contributed by atoms with Crippen molar-refractivity contribution < 1.29 is 18.3 Å². The Morgan fingerprint density at radius 1 is 1.25 bits per heavy atom. The Balaban J connectivity index is 1.79. The van der Waals surface area contributed by atoms with Crippen molar-refractivity contribution in [3.05, 3.63) is 0 Å². The predicted octanol–water partition coefficient (Wildman–Crippen LogP) is 2.65. The summed E-state index contributed by atoms with van der Waals surface area (Å²) in [7, 11) is 0. The van der Waals surface area contributed by atoms with Gasteiger partial charge in [-0.3, -0.25) is 0 Å². The molecular weight excluding hydrogens is 216 g/mol. The molecule has 2 aliphatic rings. The minimum Gasteiger partial charge on any atom is -0.444 e. The fraction of sp³-hybridized carbons (Fsp3) is 0.909. The second kappa shape index (κ2) is 3.08. The van der Waals surface area contributed by atoms with Crippen LogP contribution in [0.25, 0.3) is 0 Å². The Kier molecular flexibility index (Phi) is 2.23. The number of likely N-dealkylation sites (tertiary alicyclic amines) is 1. The van der Waals surface area contributed by atoms with Gasteiger partial charge >= 0.3 is 6.09 Å². The van der Waals surface area contributed by atoms with Gasteiger partial charge in [0.15, 0.2) is 0 Å². The van der Waals surface area contributed by atoms with Crippen molar-refractivity contribution in [2.75, 3.05) is 13.1 Å². The number of nitrogens with zero attached hydrogens (tertiary/aromatic N) is 1. The van der Waals surface area contributed by atoms with Crippen LogP contribution in [0.1, 0.15) is 33.6 Å². The Morgan fingerprint density at radius 2 is 1.75 bits per heavy atom. The summed E-state index contributed by atoms with van der Waals surface area (Å²) in [5, 5.41) is 0. The first kappa shape index (κ1) is 11.6. The van der Waals surface area contributed by atoms with Crippen molar-refractivity contribution in [3.63, 3.8) is 0 Å². The number of ether oxygens (including phenoxy) is 1. The predicted molar refractivity (Wildman–Crippen MR) is 54.4 cm³/mol. The Labute approximate surface area is 93.7 Å². The Morgan fingerprint density at radius 3 is 2.12 bits per heavy atom. The molecule has 0 radical (unpaired) electrons. The molecule has 0 atom stereocenters. The molecule has 3 nitrogen and oxygen atoms in total. The van der Waals surface area contributed by atoms with E-state index in [-0.39, 0.29) is 18.3 Å². The SMILES string of the molecule is CC(C)(C)OC(=O)N1CC2(C1)CC(F)(F)C2. The summed E-state index contributed by atoms with van der Waals surface area (Å²) >= 11 is 0. The van der Waals surface area contributed by atoms with Gasteiger partial charge in [0, 0.05) is 31.3 Å². The summed E-state index contributed by atoms with van der Waals surface area (Å²) in [5.41, 5.74) is -0.843. The van der Waals surface area contributed by atoms with Crippen LogP contribution in [0.5, 0.6) is 0 Å². The van der Waals surface area contributed by atoms with E-state index in [1.165, 1.54) is 4.90 Å². The molecule has 2 rings (SSSR count). The van der Waals surface area contributed by atoms with E-state index in [0.29, 0.717) is 13.1 Å². The zero-order chi connectivity index (χ0) is 12.2. The number of hydrogen-bond donors (Lipinski definition) is 0. The number of carbonyl (C=O) groups is 1. The van der Waals surface area contributed by atoms with Gasteiger partial charge in [0.25, 0.3) is 0 Å². The van der Waals surface area contributed by atoms with E-state index in [2.05, 4.69) is 0 Å². The van der Waals surface area contributed by atoms with E-state index in [4.69, 9.17) is 4.74 Å². The smallest absolute Gasteiger partial charge is 0.410 e. The third-order valence-electron chi connectivity index (χ3n) is 2.97. The van der Waals surface area contributed by atoms with Gasteiger partial charge in [0.2, 0.25) is 5.92 Å². The first-order valence-corrected chi connectivity index (χ1v) is 5.47. The lowest BCUT2D eigenvalue weighted by molar-refractivity contribution is -0.208. The summed E-state index contributed by atoms with van der Waals surface area (Å²) in [6.45, 7) is 6.20. The zero-order valence-electron chi connectivity index (χ0n) is 9.85. The molecular formula is C11H17F2NO2. The highest BCUT2D eigenvalue weighted by Crippen LogP contribution is 2.56. The number of rotatable bonds is 0. The van der Waals surface area contributed by atoms with E-state index in [0.717, 1.165) is 0 Å². The molecule has 1 aliphatic carbocycles. The Bertz CT molecular complexity index is 306. The summed E-state index contributed by atoms with van der Waals surface area (Å²) in [6.07, 6.45) is -0.563. The molecule has 1 heterocycles. The van der Waals surface area contributed by atoms with Gasteiger partial charge in [-0.15, -0.1) is 0 Å². The van der Waals surface area contributed by atoms with E-state index in [9.17, 15) is 13.6 Å². The number of carbonyl (C=O) groups excluding carboxylic acids is 1. The fourth-order valence-corrected chi connectivity index (χ4v) is 2.49. The number of amides is 1. The molecule has 0 aromatic rings. The van der Waals surface area contributed by atoms with Crippen LogP contribution < -0.4 is 0 Å². The highest BCUT2D eigenvalue weighted by atomic mass is 19.3. The van der Waals surface area contributed by atoms with Gasteiger partial charge < -0.3 is 9.64 Å². The fourth-order valence-electron chi connectivity index (χ4n) is 2.49. The van der Waals surface area contributed by atoms with Crippen LogP contribution >= 0.6 is 0 Å². The van der Waals surface area contributed by atoms with Gasteiger partial charge in [0.05, 0.1) is 0 Å². The second-order valence-electron chi connectivity index (χ2n) is 6.05. The molecule has 16 heavy (non-hydrogen) atoms. The molecule has 1 spiro atoms. The quantitative estimate of drug-likeness (QED) is 0.643. The molecule has 0 unspecified atom stereocenters. The Hall–Kier alpha value is -0.870. The molecule has 1 amide bonds. The van der Waals surface area contributed by atoms with Gasteiger partial charge in [0.1, 0.15) is 5.60 Å². The molecule has 2 fully saturated rings. The van der Waals surface area contributed by atoms with E-state index >= 15 is 0 Å². The monoisotopic (exact) mass is 233 g/mol. The van der Waals surface area contributed by atoms with Crippen molar-refractivity contribution in [1.82, 2.24) is 4.90 Å². The topological polar surface area (TPSA) is 29.5 Å². The maximum absolute atomic E-state index is 12.7. The highest BCUT2D eigenvalue weighted by Gasteiger charge is 2.62. The number of alkyl halides is 2. The molecule has 0 aromatic carbocycles. The summed E-state index contributed by atoms with van der Waals surface area (Å²) in [4.78, 5) is 13.0. The van der Waals surface area contributed by atoms with Crippen LogP contribution in [0.15, 0.2) is 0 Å². The van der Waals surface area contributed by atoms with Gasteiger partial charge in [-0.1, -0.05) is 0 Å². The van der Waals surface area contributed by atoms with Crippen LogP contribution in [0.4, 0.5) is 13.6 Å². The highest BCUT2D eigenvalue weighted by molar-refractivity contribution is 5.69. The average molecular weight is 233 g/mol. The van der Waals surface area contributed by atoms with Crippen molar-refractivity contribution >= 4 is 6.09 Å². The third kappa shape index (κ3) is 2.13. The van der Waals surface area contributed by atoms with Crippen LogP contribution in [0.3, 0.4) is 0 Å². The minimum absolute atomic E-state index is 0.0840. The van der Waals surface area contributed by atoms with Gasteiger partial charge in [-0.2, -0.15) is 0 Å². The molecule has 0 aromatic heterocycles. The molecule has 1 saturated heterocycles. The van der Waals surface area contributed by atoms with Crippen LogP contribution in [-0.4, -0.2) is 35.6 Å². The molecule has 1 aliphatic heterocycles. The maximum Gasteiger partial charge on any atom is 0.410 e. The van der Waals surface area contributed by atoms with Crippen molar-refractivity contribution in [3.8, 4) is 0 Å². The minimum atomic E-state index is -2.51. The zero-order valence-corrected chi connectivity index (χ0v) is 9.85. The molecule has 92 valence electrons. The number of hydrogen-bond acceptors (Lipinski definition) is 2. The molecule has 0 bridgehead atoms. The summed E-state index contributed by atoms with van der Waals surface area (Å²) < 4.78 is 30.6. The van der Waals surface area contributed by atoms with Gasteiger partial charge in [-0.25, -0.2) is 13.6 Å². The third-order valence-corrected chi connectivity index (χ3v) is 2.97.